The van der Waals surface area contributed by atoms with Gasteiger partial charge in [0.25, 0.3) is 5.91 Å². The van der Waals surface area contributed by atoms with Crippen molar-refractivity contribution in [3.8, 4) is 11.3 Å². The van der Waals surface area contributed by atoms with Crippen molar-refractivity contribution < 1.29 is 13.6 Å². The summed E-state index contributed by atoms with van der Waals surface area (Å²) in [6, 6.07) is 6.77. The topological polar surface area (TPSA) is 72.7 Å². The maximum absolute atomic E-state index is 13.4. The van der Waals surface area contributed by atoms with Crippen molar-refractivity contribution in [2.45, 2.75) is 13.5 Å². The second-order valence-electron chi connectivity index (χ2n) is 5.50. The molecule has 0 saturated heterocycles. The van der Waals surface area contributed by atoms with Gasteiger partial charge in [-0.1, -0.05) is 0 Å². The lowest BCUT2D eigenvalue weighted by Crippen LogP contribution is -2.25. The monoisotopic (exact) mass is 343 g/mol. The van der Waals surface area contributed by atoms with Gasteiger partial charge in [-0.15, -0.1) is 0 Å². The average Bonchev–Trinajstić information content (AvgIpc) is 2.97. The molecule has 3 aromatic rings. The summed E-state index contributed by atoms with van der Waals surface area (Å²) in [7, 11) is 1.60. The number of rotatable bonds is 4. The van der Waals surface area contributed by atoms with Crippen LogP contribution in [0.1, 0.15) is 21.9 Å². The molecule has 1 N–H and O–H groups in total. The number of carbonyl (C=O) groups is 1. The lowest BCUT2D eigenvalue weighted by Gasteiger charge is -2.05. The summed E-state index contributed by atoms with van der Waals surface area (Å²) in [6.45, 7) is 2.08. The van der Waals surface area contributed by atoms with E-state index >= 15 is 0 Å². The largest absolute Gasteiger partial charge is 0.345 e. The lowest BCUT2D eigenvalue weighted by molar-refractivity contribution is 0.0941. The highest BCUT2D eigenvalue weighted by molar-refractivity contribution is 5.93. The van der Waals surface area contributed by atoms with Crippen LogP contribution in [-0.4, -0.2) is 25.7 Å². The predicted octanol–water partition coefficient (Wildman–Crippen LogP) is 2.39. The molecule has 0 spiro atoms. The van der Waals surface area contributed by atoms with Crippen molar-refractivity contribution in [1.29, 1.82) is 0 Å². The molecule has 0 bridgehead atoms. The molecule has 0 unspecified atom stereocenters. The summed E-state index contributed by atoms with van der Waals surface area (Å²) in [6.07, 6.45) is 1.43. The Balaban J connectivity index is 1.77. The second kappa shape index (κ2) is 6.76. The Bertz CT molecular complexity index is 939. The molecular weight excluding hydrogens is 328 g/mol. The molecule has 0 atom stereocenters. The first kappa shape index (κ1) is 16.7. The summed E-state index contributed by atoms with van der Waals surface area (Å²) < 4.78 is 27.8. The lowest BCUT2D eigenvalue weighted by atomic mass is 10.1. The number of aryl methyl sites for hydroxylation is 2. The van der Waals surface area contributed by atoms with Crippen LogP contribution in [0.5, 0.6) is 0 Å². The van der Waals surface area contributed by atoms with Gasteiger partial charge < -0.3 is 5.32 Å². The number of hydrogen-bond donors (Lipinski definition) is 1. The van der Waals surface area contributed by atoms with E-state index in [2.05, 4.69) is 20.4 Å². The highest BCUT2D eigenvalue weighted by atomic mass is 19.2. The first-order valence-corrected chi connectivity index (χ1v) is 7.49. The normalized spacial score (nSPS) is 10.7. The molecule has 0 radical (unpaired) electrons. The van der Waals surface area contributed by atoms with Gasteiger partial charge in [0.2, 0.25) is 0 Å². The number of halogens is 2. The first-order chi connectivity index (χ1) is 11.9. The molecule has 2 heterocycles. The molecular formula is C17H15F2N5O. The molecule has 1 aromatic carbocycles. The molecule has 2 aromatic heterocycles. The van der Waals surface area contributed by atoms with Crippen LogP contribution in [-0.2, 0) is 13.6 Å². The van der Waals surface area contributed by atoms with Gasteiger partial charge in [-0.3, -0.25) is 9.48 Å². The third-order valence-corrected chi connectivity index (χ3v) is 3.62. The number of hydrogen-bond acceptors (Lipinski definition) is 4. The zero-order valence-electron chi connectivity index (χ0n) is 13.6. The van der Waals surface area contributed by atoms with E-state index in [-0.39, 0.29) is 12.5 Å². The van der Waals surface area contributed by atoms with Gasteiger partial charge in [0.15, 0.2) is 11.6 Å². The summed E-state index contributed by atoms with van der Waals surface area (Å²) >= 11 is 0. The number of amides is 1. The zero-order chi connectivity index (χ0) is 18.0. The maximum Gasteiger partial charge on any atom is 0.269 e. The summed E-state index contributed by atoms with van der Waals surface area (Å²) in [4.78, 5) is 20.4. The third-order valence-electron chi connectivity index (χ3n) is 3.62. The van der Waals surface area contributed by atoms with E-state index in [0.717, 1.165) is 17.8 Å². The van der Waals surface area contributed by atoms with Crippen molar-refractivity contribution in [2.75, 3.05) is 0 Å². The molecule has 0 aliphatic rings. The van der Waals surface area contributed by atoms with Crippen LogP contribution in [0.25, 0.3) is 11.3 Å². The molecule has 25 heavy (non-hydrogen) atoms. The van der Waals surface area contributed by atoms with Crippen molar-refractivity contribution in [3.05, 3.63) is 65.4 Å². The zero-order valence-corrected chi connectivity index (χ0v) is 13.6. The van der Waals surface area contributed by atoms with Gasteiger partial charge in [0.05, 0.1) is 17.9 Å². The molecule has 128 valence electrons. The van der Waals surface area contributed by atoms with Crippen LogP contribution in [0, 0.1) is 18.6 Å². The number of benzene rings is 1. The minimum absolute atomic E-state index is 0.244. The molecule has 0 fully saturated rings. The van der Waals surface area contributed by atoms with E-state index in [1.807, 2.05) is 6.92 Å². The highest BCUT2D eigenvalue weighted by Gasteiger charge is 2.15. The van der Waals surface area contributed by atoms with E-state index in [9.17, 15) is 13.6 Å². The Hall–Kier alpha value is -3.16. The van der Waals surface area contributed by atoms with E-state index in [1.165, 1.54) is 23.1 Å². The number of nitrogens with one attached hydrogen (secondary N) is 1. The third kappa shape index (κ3) is 3.68. The van der Waals surface area contributed by atoms with Gasteiger partial charge in [0, 0.05) is 18.3 Å². The molecule has 8 heteroatoms. The number of carbonyl (C=O) groups excluding carboxylic acids is 1. The van der Waals surface area contributed by atoms with Crippen LogP contribution < -0.4 is 5.32 Å². The van der Waals surface area contributed by atoms with E-state index in [1.54, 1.807) is 13.1 Å². The van der Waals surface area contributed by atoms with Crippen LogP contribution in [0.3, 0.4) is 0 Å². The van der Waals surface area contributed by atoms with Gasteiger partial charge in [-0.25, -0.2) is 18.7 Å². The van der Waals surface area contributed by atoms with Crippen molar-refractivity contribution in [2.24, 2.45) is 7.05 Å². The molecule has 1 amide bonds. The van der Waals surface area contributed by atoms with Crippen molar-refractivity contribution >= 4 is 5.91 Å². The fourth-order valence-corrected chi connectivity index (χ4v) is 2.34. The van der Waals surface area contributed by atoms with Crippen molar-refractivity contribution in [3.63, 3.8) is 0 Å². The van der Waals surface area contributed by atoms with Crippen LogP contribution in [0.4, 0.5) is 8.78 Å². The van der Waals surface area contributed by atoms with Crippen LogP contribution in [0.2, 0.25) is 0 Å². The van der Waals surface area contributed by atoms with Gasteiger partial charge in [0.1, 0.15) is 12.0 Å². The van der Waals surface area contributed by atoms with Gasteiger partial charge in [-0.2, -0.15) is 5.10 Å². The Morgan fingerprint density at radius 1 is 1.16 bits per heavy atom. The van der Waals surface area contributed by atoms with Crippen LogP contribution >= 0.6 is 0 Å². The van der Waals surface area contributed by atoms with Gasteiger partial charge in [-0.05, 0) is 37.3 Å². The average molecular weight is 343 g/mol. The minimum Gasteiger partial charge on any atom is -0.345 e. The Kier molecular flexibility index (Phi) is 4.51. The van der Waals surface area contributed by atoms with E-state index < -0.39 is 11.6 Å². The fraction of sp³-hybridized carbons (Fsp3) is 0.176. The highest BCUT2D eigenvalue weighted by Crippen LogP contribution is 2.21. The maximum atomic E-state index is 13.4. The quantitative estimate of drug-likeness (QED) is 0.789. The van der Waals surface area contributed by atoms with Gasteiger partial charge >= 0.3 is 0 Å². The first-order valence-electron chi connectivity index (χ1n) is 7.49. The summed E-state index contributed by atoms with van der Waals surface area (Å²) in [5.74, 6) is -2.24. The molecule has 6 nitrogen and oxygen atoms in total. The number of nitrogens with zero attached hydrogens (tertiary/aromatic N) is 4. The van der Waals surface area contributed by atoms with E-state index in [4.69, 9.17) is 0 Å². The fourth-order valence-electron chi connectivity index (χ4n) is 2.34. The molecule has 3 rings (SSSR count). The predicted molar refractivity (Wildman–Crippen MR) is 86.5 cm³/mol. The van der Waals surface area contributed by atoms with Crippen LogP contribution in [0.15, 0.2) is 36.7 Å². The Morgan fingerprint density at radius 2 is 1.96 bits per heavy atom. The Morgan fingerprint density at radius 3 is 2.68 bits per heavy atom. The van der Waals surface area contributed by atoms with E-state index in [0.29, 0.717) is 22.6 Å². The Labute approximate surface area is 142 Å². The molecule has 0 aliphatic carbocycles. The smallest absolute Gasteiger partial charge is 0.269 e. The number of aromatic nitrogens is 4. The SMILES string of the molecule is Cc1cc(CNC(=O)c2cc(-c3ccc(F)c(F)c3)nn2C)ncn1. The molecule has 0 aliphatic heterocycles. The molecule has 0 saturated carbocycles. The van der Waals surface area contributed by atoms with Crippen molar-refractivity contribution in [1.82, 2.24) is 25.1 Å². The second-order valence-corrected chi connectivity index (χ2v) is 5.50. The minimum atomic E-state index is -0.965. The standard InChI is InChI=1S/C17H15F2N5O/c1-10-5-12(22-9-21-10)8-20-17(25)16-7-15(23-24(16)2)11-3-4-13(18)14(19)6-11/h3-7,9H,8H2,1-2H3,(H,20,25). The summed E-state index contributed by atoms with van der Waals surface area (Å²) in [5, 5.41) is 6.93. The summed E-state index contributed by atoms with van der Waals surface area (Å²) in [5.41, 5.74) is 2.55.